The molecule has 0 spiro atoms. The number of nitrogens with one attached hydrogen (secondary N) is 5. The van der Waals surface area contributed by atoms with Crippen molar-refractivity contribution >= 4 is 52.2 Å². The number of H-pyrrole nitrogens is 1. The van der Waals surface area contributed by atoms with E-state index in [2.05, 4.69) is 64.7 Å². The predicted octanol–water partition coefficient (Wildman–Crippen LogP) is 6.32. The molecule has 5 heterocycles. The highest BCUT2D eigenvalue weighted by Crippen LogP contribution is 2.37. The zero-order valence-corrected chi connectivity index (χ0v) is 57.2. The van der Waals surface area contributed by atoms with E-state index in [1.165, 1.54) is 11.0 Å². The topological polar surface area (TPSA) is 262 Å². The maximum atomic E-state index is 15.7. The molecule has 0 bridgehead atoms. The number of aromatic amines is 1. The molecule has 5 aromatic rings. The Labute approximate surface area is 567 Å². The number of aliphatic hydroxyl groups excluding tert-OH is 1. The van der Waals surface area contributed by atoms with E-state index in [4.69, 9.17) is 23.7 Å². The van der Waals surface area contributed by atoms with Crippen LogP contribution in [0.5, 0.6) is 0 Å². The summed E-state index contributed by atoms with van der Waals surface area (Å²) < 4.78 is 85.8. The number of likely N-dealkylation sites (tertiary alicyclic amines) is 1. The Hall–Kier alpha value is -7.25. The highest BCUT2D eigenvalue weighted by Gasteiger charge is 2.45. The van der Waals surface area contributed by atoms with Crippen molar-refractivity contribution in [1.29, 1.82) is 0 Å². The van der Waals surface area contributed by atoms with Gasteiger partial charge in [0.1, 0.15) is 17.9 Å². The molecule has 8 rings (SSSR count). The molecule has 3 saturated heterocycles. The normalized spacial score (nSPS) is 18.5. The smallest absolute Gasteiger partial charge is 0.391 e. The lowest BCUT2D eigenvalue weighted by Gasteiger charge is -2.44. The molecule has 0 unspecified atom stereocenters. The fraction of sp³-hybridized carbons (Fsp3) is 0.551. The average Bonchev–Trinajstić information content (AvgIpc) is 1.20. The fourth-order valence-corrected chi connectivity index (χ4v) is 12.7. The Balaban J connectivity index is 0.635. The molecule has 5 amide bonds. The fourth-order valence-electron chi connectivity index (χ4n) is 11.9. The van der Waals surface area contributed by atoms with Gasteiger partial charge in [-0.25, -0.2) is 9.37 Å². The van der Waals surface area contributed by atoms with Crippen molar-refractivity contribution in [2.24, 2.45) is 5.41 Å². The van der Waals surface area contributed by atoms with E-state index < -0.39 is 64.1 Å². The quantitative estimate of drug-likeness (QED) is 0.0198. The minimum atomic E-state index is -4.97. The van der Waals surface area contributed by atoms with Crippen molar-refractivity contribution in [2.75, 3.05) is 142 Å². The van der Waals surface area contributed by atoms with Gasteiger partial charge in [-0.2, -0.15) is 13.2 Å². The Morgan fingerprint density at radius 2 is 1.33 bits per heavy atom. The summed E-state index contributed by atoms with van der Waals surface area (Å²) >= 11 is 1.56. The Morgan fingerprint density at radius 3 is 1.93 bits per heavy atom. The van der Waals surface area contributed by atoms with Gasteiger partial charge in [-0.3, -0.25) is 43.5 Å². The number of piperazine rings is 2. The van der Waals surface area contributed by atoms with Crippen LogP contribution in [0.25, 0.3) is 21.6 Å². The standard InChI is InChI=1S/C69H93F4N11O12S/c1-45-40-83(41-46(2)80(45)7)58-15-13-51(35-57(58)78-65(89)54-39-75-62(88)37-55(54)69(71,72)73)53-34-49(10-14-56(53)70)42-82-22-20-81(21-23-82)19-18-74-60(86)16-24-92-26-28-94-30-32-96-33-31-95-29-27-93-25-17-61(87)79-64(68(4,5)6)67(91)84-43-52(85)36-59(84)66(90)76-38-48-8-11-50(12-9-48)63-47(3)77-44-97-63/h8-15,34-35,37,39,44-46,52,59,64,85H,16-33,36,38,40-43H2,1-7H3,(H,74,86)(H,75,88)(H,76,90)(H,78,89)(H,79,87)/t45-,46+,52-,59+,64-/m1/s1. The molecule has 97 heavy (non-hydrogen) atoms. The summed E-state index contributed by atoms with van der Waals surface area (Å²) in [5.41, 5.74) is 3.14. The number of anilines is 2. The molecule has 5 atom stereocenters. The third kappa shape index (κ3) is 22.4. The zero-order valence-electron chi connectivity index (χ0n) is 56.4. The van der Waals surface area contributed by atoms with Gasteiger partial charge in [-0.1, -0.05) is 57.2 Å². The number of hydrogen-bond acceptors (Lipinski definition) is 18. The first-order valence-corrected chi connectivity index (χ1v) is 33.9. The number of likely N-dealkylation sites (N-methyl/N-ethyl adjacent to an activating group) is 1. The molecule has 0 aliphatic carbocycles. The Kier molecular flexibility index (Phi) is 28.0. The first kappa shape index (κ1) is 75.5. The van der Waals surface area contributed by atoms with Gasteiger partial charge < -0.3 is 64.8 Å². The molecule has 23 nitrogen and oxygen atoms in total. The summed E-state index contributed by atoms with van der Waals surface area (Å²) in [4.78, 5) is 96.3. The SMILES string of the molecule is Cc1ncsc1-c1ccc(CNC(=O)[C@@H]2C[C@@H](O)CN2C(=O)[C@@H](NC(=O)CCOCCOCCOCCOCCOCCC(=O)NCCN2CCN(Cc3ccc(F)c(-c4ccc(N5C[C@@H](C)N(C)[C@@H](C)C5)c(NC(=O)c5c[nH]c(=O)cc5C(F)(F)F)c4)c3)CC2)C(C)(C)C)cc1. The van der Waals surface area contributed by atoms with Gasteiger partial charge in [0.25, 0.3) is 5.91 Å². The van der Waals surface area contributed by atoms with Gasteiger partial charge in [0.05, 0.1) is 111 Å². The van der Waals surface area contributed by atoms with Crippen LogP contribution in [0.15, 0.2) is 83.2 Å². The van der Waals surface area contributed by atoms with Crippen LogP contribution in [-0.2, 0) is 62.1 Å². The highest BCUT2D eigenvalue weighted by atomic mass is 32.1. The van der Waals surface area contributed by atoms with Crippen molar-refractivity contribution < 1.29 is 70.3 Å². The first-order chi connectivity index (χ1) is 46.3. The van der Waals surface area contributed by atoms with Gasteiger partial charge in [0.2, 0.25) is 29.2 Å². The van der Waals surface area contributed by atoms with Crippen LogP contribution < -0.4 is 31.7 Å². The number of benzene rings is 3. The number of β-amino-alcohol motifs (C(OH)–C–C–N with tert-alkyl or cyclic N) is 1. The number of amides is 5. The van der Waals surface area contributed by atoms with Crippen LogP contribution in [-0.4, -0.2) is 227 Å². The van der Waals surface area contributed by atoms with E-state index in [1.54, 1.807) is 47.2 Å². The summed E-state index contributed by atoms with van der Waals surface area (Å²) in [6, 6.07) is 16.5. The van der Waals surface area contributed by atoms with Crippen molar-refractivity contribution in [2.45, 2.75) is 110 Å². The number of hydrogen-bond donors (Lipinski definition) is 6. The number of halogens is 4. The van der Waals surface area contributed by atoms with Crippen LogP contribution in [0.1, 0.15) is 86.6 Å². The lowest BCUT2D eigenvalue weighted by molar-refractivity contribution is -0.144. The van der Waals surface area contributed by atoms with E-state index in [9.17, 15) is 47.0 Å². The molecule has 0 saturated carbocycles. The second-order valence-electron chi connectivity index (χ2n) is 25.9. The monoisotopic (exact) mass is 1380 g/mol. The van der Waals surface area contributed by atoms with Gasteiger partial charge in [-0.05, 0) is 79.8 Å². The third-order valence-corrected chi connectivity index (χ3v) is 18.5. The number of aliphatic hydroxyl groups is 1. The highest BCUT2D eigenvalue weighted by molar-refractivity contribution is 7.13. The lowest BCUT2D eigenvalue weighted by atomic mass is 9.85. The second kappa shape index (κ2) is 36.0. The van der Waals surface area contributed by atoms with Crippen molar-refractivity contribution in [3.8, 4) is 21.6 Å². The number of aryl methyl sites for hydroxylation is 1. The van der Waals surface area contributed by atoms with Crippen LogP contribution in [0, 0.1) is 18.2 Å². The van der Waals surface area contributed by atoms with Crippen LogP contribution >= 0.6 is 11.3 Å². The van der Waals surface area contributed by atoms with Gasteiger partial charge >= 0.3 is 6.18 Å². The summed E-state index contributed by atoms with van der Waals surface area (Å²) in [7, 11) is 2.02. The summed E-state index contributed by atoms with van der Waals surface area (Å²) in [6.45, 7) is 20.5. The summed E-state index contributed by atoms with van der Waals surface area (Å²) in [5, 5.41) is 22.0. The Morgan fingerprint density at radius 1 is 0.742 bits per heavy atom. The zero-order chi connectivity index (χ0) is 69.8. The summed E-state index contributed by atoms with van der Waals surface area (Å²) in [5.74, 6) is -2.92. The molecule has 3 aliphatic rings. The molecule has 3 aliphatic heterocycles. The number of alkyl halides is 3. The third-order valence-electron chi connectivity index (χ3n) is 17.5. The number of carbonyl (C=O) groups excluding carboxylic acids is 5. The van der Waals surface area contributed by atoms with E-state index in [0.29, 0.717) is 89.7 Å². The molecule has 6 N–H and O–H groups in total. The number of pyridine rings is 1. The number of aromatic nitrogens is 2. The second-order valence-corrected chi connectivity index (χ2v) is 26.7. The Bertz CT molecular complexity index is 3460. The average molecular weight is 1380 g/mol. The molecule has 2 aromatic heterocycles. The van der Waals surface area contributed by atoms with E-state index in [1.807, 2.05) is 59.0 Å². The number of rotatable bonds is 33. The summed E-state index contributed by atoms with van der Waals surface area (Å²) in [6.07, 6.45) is -4.82. The maximum Gasteiger partial charge on any atom is 0.417 e. The number of thiazole rings is 1. The molecule has 0 radical (unpaired) electrons. The van der Waals surface area contributed by atoms with Crippen molar-refractivity contribution in [3.63, 3.8) is 0 Å². The lowest BCUT2D eigenvalue weighted by Crippen LogP contribution is -2.57. The van der Waals surface area contributed by atoms with Crippen molar-refractivity contribution in [3.05, 3.63) is 123 Å². The largest absolute Gasteiger partial charge is 0.417 e. The number of nitrogens with zero attached hydrogens (tertiary/aromatic N) is 6. The molecular formula is C69H93F4N11O12S. The molecule has 3 aromatic carbocycles. The minimum Gasteiger partial charge on any atom is -0.391 e. The van der Waals surface area contributed by atoms with E-state index in [-0.39, 0.29) is 99.8 Å². The van der Waals surface area contributed by atoms with E-state index >= 15 is 4.39 Å². The van der Waals surface area contributed by atoms with Crippen LogP contribution in [0.4, 0.5) is 28.9 Å². The molecule has 530 valence electrons. The predicted molar refractivity (Wildman–Crippen MR) is 360 cm³/mol. The number of ether oxygens (including phenoxy) is 5. The van der Waals surface area contributed by atoms with Gasteiger partial charge in [-0.15, -0.1) is 11.3 Å². The van der Waals surface area contributed by atoms with Crippen LogP contribution in [0.3, 0.4) is 0 Å². The van der Waals surface area contributed by atoms with Crippen LogP contribution in [0.2, 0.25) is 0 Å². The molecule has 3 fully saturated rings. The minimum absolute atomic E-state index is 0.000151. The molecule has 28 heteroatoms. The van der Waals surface area contributed by atoms with E-state index in [0.717, 1.165) is 59.6 Å². The number of carbonyl (C=O) groups is 5. The van der Waals surface area contributed by atoms with Gasteiger partial charge in [0.15, 0.2) is 0 Å². The molecular weight excluding hydrogens is 1280 g/mol. The van der Waals surface area contributed by atoms with Crippen molar-refractivity contribution in [1.82, 2.24) is 45.5 Å². The first-order valence-electron chi connectivity index (χ1n) is 33.0. The maximum absolute atomic E-state index is 15.7. The van der Waals surface area contributed by atoms with Gasteiger partial charge in [0, 0.05) is 121 Å².